The fraction of sp³-hybridized carbons (Fsp3) is 0.643. The van der Waals surface area contributed by atoms with Crippen molar-refractivity contribution in [1.82, 2.24) is 4.98 Å². The minimum Gasteiger partial charge on any atom is -0.326 e. The summed E-state index contributed by atoms with van der Waals surface area (Å²) >= 11 is 0. The molecule has 0 aliphatic carbocycles. The quantitative estimate of drug-likeness (QED) is 0.834. The minimum absolute atomic E-state index is 0.0120. The molecule has 1 aromatic rings. The van der Waals surface area contributed by atoms with Crippen molar-refractivity contribution in [3.63, 3.8) is 0 Å². The summed E-state index contributed by atoms with van der Waals surface area (Å²) in [7, 11) is 0. The molecule has 0 aliphatic heterocycles. The van der Waals surface area contributed by atoms with Crippen LogP contribution in [0.5, 0.6) is 0 Å². The summed E-state index contributed by atoms with van der Waals surface area (Å²) in [4.78, 5) is 14.2. The van der Waals surface area contributed by atoms with Crippen LogP contribution in [0.25, 0.3) is 0 Å². The van der Waals surface area contributed by atoms with Crippen LogP contribution in [-0.4, -0.2) is 4.98 Å². The van der Waals surface area contributed by atoms with Crippen LogP contribution in [-0.2, 0) is 6.42 Å². The second kappa shape index (κ2) is 4.86. The maximum Gasteiger partial charge on any atom is 0.248 e. The summed E-state index contributed by atoms with van der Waals surface area (Å²) in [5.41, 5.74) is 2.46. The molecular formula is C14H23NO. The van der Waals surface area contributed by atoms with E-state index in [4.69, 9.17) is 0 Å². The van der Waals surface area contributed by atoms with Gasteiger partial charge in [0.25, 0.3) is 0 Å². The van der Waals surface area contributed by atoms with E-state index in [1.54, 1.807) is 6.07 Å². The average molecular weight is 221 g/mol. The highest BCUT2D eigenvalue weighted by atomic mass is 16.1. The third kappa shape index (κ3) is 4.65. The second-order valence-corrected chi connectivity index (χ2v) is 6.12. The van der Waals surface area contributed by atoms with Gasteiger partial charge in [-0.2, -0.15) is 0 Å². The second-order valence-electron chi connectivity index (χ2n) is 6.12. The van der Waals surface area contributed by atoms with Gasteiger partial charge in [-0.1, -0.05) is 27.7 Å². The van der Waals surface area contributed by atoms with E-state index in [2.05, 4.69) is 38.7 Å². The zero-order valence-electron chi connectivity index (χ0n) is 11.1. The van der Waals surface area contributed by atoms with E-state index in [9.17, 15) is 4.79 Å². The molecule has 0 radical (unpaired) electrons. The molecule has 90 valence electrons. The first-order valence-corrected chi connectivity index (χ1v) is 5.96. The normalized spacial score (nSPS) is 13.8. The summed E-state index contributed by atoms with van der Waals surface area (Å²) in [6.07, 6.45) is 2.12. The van der Waals surface area contributed by atoms with Gasteiger partial charge in [0.1, 0.15) is 0 Å². The number of aryl methyl sites for hydroxylation is 1. The molecule has 0 bridgehead atoms. The van der Waals surface area contributed by atoms with Crippen molar-refractivity contribution in [1.29, 1.82) is 0 Å². The number of H-pyrrole nitrogens is 1. The monoisotopic (exact) mass is 221 g/mol. The van der Waals surface area contributed by atoms with Gasteiger partial charge in [-0.05, 0) is 42.7 Å². The third-order valence-corrected chi connectivity index (χ3v) is 2.57. The third-order valence-electron chi connectivity index (χ3n) is 2.57. The first kappa shape index (κ1) is 13.0. The molecule has 0 unspecified atom stereocenters. The van der Waals surface area contributed by atoms with Gasteiger partial charge in [0.15, 0.2) is 0 Å². The first-order chi connectivity index (χ1) is 7.26. The molecule has 0 spiro atoms. The number of aromatic nitrogens is 1. The molecule has 2 nitrogen and oxygen atoms in total. The lowest BCUT2D eigenvalue weighted by Crippen LogP contribution is -2.15. The molecule has 1 aromatic heterocycles. The van der Waals surface area contributed by atoms with Crippen LogP contribution in [0, 0.1) is 18.3 Å². The maximum absolute atomic E-state index is 11.3. The Hall–Kier alpha value is -1.05. The smallest absolute Gasteiger partial charge is 0.248 e. The number of aromatic amines is 1. The van der Waals surface area contributed by atoms with Crippen molar-refractivity contribution in [2.45, 2.75) is 47.5 Å². The van der Waals surface area contributed by atoms with Crippen molar-refractivity contribution >= 4 is 0 Å². The van der Waals surface area contributed by atoms with E-state index in [0.29, 0.717) is 11.3 Å². The summed E-state index contributed by atoms with van der Waals surface area (Å²) < 4.78 is 0. The van der Waals surface area contributed by atoms with Crippen molar-refractivity contribution in [2.24, 2.45) is 11.3 Å². The number of nitrogens with one attached hydrogen (secondary N) is 1. The number of rotatable bonds is 3. The van der Waals surface area contributed by atoms with Gasteiger partial charge in [-0.3, -0.25) is 4.79 Å². The lowest BCUT2D eigenvalue weighted by Gasteiger charge is -2.23. The van der Waals surface area contributed by atoms with Gasteiger partial charge in [-0.25, -0.2) is 0 Å². The summed E-state index contributed by atoms with van der Waals surface area (Å²) in [6, 6.07) is 3.71. The predicted molar refractivity (Wildman–Crippen MR) is 68.7 cm³/mol. The largest absolute Gasteiger partial charge is 0.326 e. The summed E-state index contributed by atoms with van der Waals surface area (Å²) in [5, 5.41) is 0. The Morgan fingerprint density at radius 2 is 1.94 bits per heavy atom. The fourth-order valence-electron chi connectivity index (χ4n) is 2.36. The van der Waals surface area contributed by atoms with E-state index in [0.717, 1.165) is 17.7 Å². The SMILES string of the molecule is Cc1cc(C[C@@H](C)CC(C)(C)C)[nH]c(=O)c1. The van der Waals surface area contributed by atoms with Crippen molar-refractivity contribution in [2.75, 3.05) is 0 Å². The van der Waals surface area contributed by atoms with E-state index >= 15 is 0 Å². The summed E-state index contributed by atoms with van der Waals surface area (Å²) in [6.45, 7) is 11.0. The van der Waals surface area contributed by atoms with Crippen LogP contribution in [0.2, 0.25) is 0 Å². The van der Waals surface area contributed by atoms with Gasteiger partial charge >= 0.3 is 0 Å². The van der Waals surface area contributed by atoms with Crippen molar-refractivity contribution in [3.8, 4) is 0 Å². The molecule has 1 heterocycles. The molecule has 0 aromatic carbocycles. The average Bonchev–Trinajstić information content (AvgIpc) is 1.96. The highest BCUT2D eigenvalue weighted by molar-refractivity contribution is 5.14. The van der Waals surface area contributed by atoms with Gasteiger partial charge < -0.3 is 4.98 Å². The van der Waals surface area contributed by atoms with Gasteiger partial charge in [0, 0.05) is 11.8 Å². The van der Waals surface area contributed by atoms with Crippen LogP contribution >= 0.6 is 0 Å². The molecule has 0 saturated heterocycles. The standard InChI is InChI=1S/C14H23NO/c1-10-6-12(15-13(16)8-10)7-11(2)9-14(3,4)5/h6,8,11H,7,9H2,1-5H3,(H,15,16)/t11-/m1/s1. The van der Waals surface area contributed by atoms with Gasteiger partial charge in [-0.15, -0.1) is 0 Å². The maximum atomic E-state index is 11.3. The Kier molecular flexibility index (Phi) is 3.95. The Labute approximate surface area is 98.1 Å². The fourth-order valence-corrected chi connectivity index (χ4v) is 2.36. The van der Waals surface area contributed by atoms with E-state index in [1.165, 1.54) is 6.42 Å². The van der Waals surface area contributed by atoms with E-state index < -0.39 is 0 Å². The van der Waals surface area contributed by atoms with Crippen LogP contribution in [0.1, 0.15) is 45.4 Å². The lowest BCUT2D eigenvalue weighted by molar-refractivity contribution is 0.305. The molecule has 1 N–H and O–H groups in total. The number of hydrogen-bond donors (Lipinski definition) is 1. The zero-order chi connectivity index (χ0) is 12.3. The van der Waals surface area contributed by atoms with Gasteiger partial charge in [0.2, 0.25) is 5.56 Å². The van der Waals surface area contributed by atoms with Crippen LogP contribution in [0.15, 0.2) is 16.9 Å². The first-order valence-electron chi connectivity index (χ1n) is 5.96. The summed E-state index contributed by atoms with van der Waals surface area (Å²) in [5.74, 6) is 0.595. The zero-order valence-corrected chi connectivity index (χ0v) is 11.1. The Morgan fingerprint density at radius 3 is 2.44 bits per heavy atom. The van der Waals surface area contributed by atoms with Crippen LogP contribution in [0.4, 0.5) is 0 Å². The minimum atomic E-state index is 0.0120. The molecule has 1 atom stereocenters. The number of pyridine rings is 1. The topological polar surface area (TPSA) is 32.9 Å². The van der Waals surface area contributed by atoms with E-state index in [-0.39, 0.29) is 5.56 Å². The van der Waals surface area contributed by atoms with Crippen molar-refractivity contribution < 1.29 is 0 Å². The molecule has 0 saturated carbocycles. The molecule has 0 aliphatic rings. The molecule has 1 rings (SSSR count). The predicted octanol–water partition coefficient (Wildman–Crippen LogP) is 3.30. The Bertz CT molecular complexity index is 398. The van der Waals surface area contributed by atoms with Crippen LogP contribution in [0.3, 0.4) is 0 Å². The molecule has 16 heavy (non-hydrogen) atoms. The van der Waals surface area contributed by atoms with E-state index in [1.807, 2.05) is 6.92 Å². The Balaban J connectivity index is 2.70. The van der Waals surface area contributed by atoms with Gasteiger partial charge in [0.05, 0.1) is 0 Å². The lowest BCUT2D eigenvalue weighted by atomic mass is 9.83. The molecule has 0 fully saturated rings. The molecule has 0 amide bonds. The highest BCUT2D eigenvalue weighted by Crippen LogP contribution is 2.25. The Morgan fingerprint density at radius 1 is 1.31 bits per heavy atom. The van der Waals surface area contributed by atoms with Crippen LogP contribution < -0.4 is 5.56 Å². The highest BCUT2D eigenvalue weighted by Gasteiger charge is 2.15. The number of hydrogen-bond acceptors (Lipinski definition) is 1. The molecule has 2 heteroatoms. The van der Waals surface area contributed by atoms with Crippen molar-refractivity contribution in [3.05, 3.63) is 33.7 Å². The molecular weight excluding hydrogens is 198 g/mol.